The Balaban J connectivity index is 2.13. The number of carbonyl (C=O) groups excluding carboxylic acids is 1. The Labute approximate surface area is 149 Å². The fourth-order valence-electron chi connectivity index (χ4n) is 2.78. The first kappa shape index (κ1) is 17.2. The molecule has 3 rings (SSSR count). The van der Waals surface area contributed by atoms with E-state index in [4.69, 9.17) is 11.6 Å². The van der Waals surface area contributed by atoms with Crippen LogP contribution < -0.4 is 10.7 Å². The zero-order chi connectivity index (χ0) is 18.3. The molecule has 0 spiro atoms. The maximum atomic E-state index is 12.7. The minimum absolute atomic E-state index is 0.167. The van der Waals surface area contributed by atoms with Crippen molar-refractivity contribution in [1.29, 1.82) is 0 Å². The minimum atomic E-state index is -0.562. The molecule has 0 aliphatic rings. The number of carbonyl (C=O) groups is 1. The Hall–Kier alpha value is -2.67. The van der Waals surface area contributed by atoms with E-state index in [0.29, 0.717) is 33.9 Å². The summed E-state index contributed by atoms with van der Waals surface area (Å²) in [5.74, 6) is -0.562. The summed E-state index contributed by atoms with van der Waals surface area (Å²) >= 11 is 6.01. The first-order chi connectivity index (χ1) is 11.8. The third-order valence-corrected chi connectivity index (χ3v) is 4.41. The van der Waals surface area contributed by atoms with E-state index >= 15 is 0 Å². The van der Waals surface area contributed by atoms with Crippen molar-refractivity contribution >= 4 is 34.1 Å². The summed E-state index contributed by atoms with van der Waals surface area (Å²) < 4.78 is 3.29. The number of halogens is 1. The van der Waals surface area contributed by atoms with Gasteiger partial charge in [-0.15, -0.1) is 0 Å². The Bertz CT molecular complexity index is 1050. The topological polar surface area (TPSA) is 81.8 Å². The number of anilines is 1. The van der Waals surface area contributed by atoms with Gasteiger partial charge in [-0.05, 0) is 39.0 Å². The van der Waals surface area contributed by atoms with Crippen LogP contribution in [0.5, 0.6) is 0 Å². The smallest absolute Gasteiger partial charge is 0.280 e. The molecule has 0 unspecified atom stereocenters. The average molecular weight is 360 g/mol. The van der Waals surface area contributed by atoms with E-state index in [9.17, 15) is 9.59 Å². The van der Waals surface area contributed by atoms with Gasteiger partial charge >= 0.3 is 0 Å². The lowest BCUT2D eigenvalue weighted by Gasteiger charge is -2.11. The summed E-state index contributed by atoms with van der Waals surface area (Å²) in [5, 5.41) is 12.0. The number of aryl methyl sites for hydroxylation is 3. The van der Waals surface area contributed by atoms with Crippen LogP contribution >= 0.6 is 11.6 Å². The first-order valence-electron chi connectivity index (χ1n) is 7.85. The van der Waals surface area contributed by atoms with Crippen molar-refractivity contribution in [3.8, 4) is 0 Å². The van der Waals surface area contributed by atoms with Crippen molar-refractivity contribution < 1.29 is 4.79 Å². The van der Waals surface area contributed by atoms with Gasteiger partial charge in [0.1, 0.15) is 0 Å². The second-order valence-corrected chi connectivity index (χ2v) is 6.21. The largest absolute Gasteiger partial charge is 0.317 e. The van der Waals surface area contributed by atoms with Gasteiger partial charge in [-0.25, -0.2) is 0 Å². The van der Waals surface area contributed by atoms with Crippen LogP contribution in [0.2, 0.25) is 5.02 Å². The molecule has 0 atom stereocenters. The van der Waals surface area contributed by atoms with Crippen molar-refractivity contribution in [2.75, 3.05) is 5.32 Å². The van der Waals surface area contributed by atoms with Gasteiger partial charge in [0.15, 0.2) is 5.69 Å². The minimum Gasteiger partial charge on any atom is -0.317 e. The zero-order valence-electron chi connectivity index (χ0n) is 14.4. The highest BCUT2D eigenvalue weighted by Gasteiger charge is 2.20. The van der Waals surface area contributed by atoms with E-state index in [1.165, 1.54) is 0 Å². The summed E-state index contributed by atoms with van der Waals surface area (Å²) in [6, 6.07) is 4.98. The molecule has 0 aliphatic heterocycles. The molecule has 0 fully saturated rings. The molecular weight excluding hydrogens is 342 g/mol. The van der Waals surface area contributed by atoms with Gasteiger partial charge in [-0.3, -0.25) is 19.0 Å². The molecule has 1 amide bonds. The van der Waals surface area contributed by atoms with Crippen LogP contribution in [-0.4, -0.2) is 25.5 Å². The van der Waals surface area contributed by atoms with Gasteiger partial charge < -0.3 is 5.32 Å². The fraction of sp³-hybridized carbons (Fsp3) is 0.294. The van der Waals surface area contributed by atoms with Gasteiger partial charge in [0, 0.05) is 18.6 Å². The standard InChI is InChI=1S/C17H18ClN5O2/c1-5-23-13-7-6-11(18)8-12(13)16(24)15(21-23)17(25)19-14-9(2)20-22(4)10(14)3/h6-8H,5H2,1-4H3,(H,19,25). The predicted molar refractivity (Wildman–Crippen MR) is 97.3 cm³/mol. The Kier molecular flexibility index (Phi) is 4.34. The Morgan fingerprint density at radius 3 is 2.60 bits per heavy atom. The second kappa shape index (κ2) is 6.33. The highest BCUT2D eigenvalue weighted by Crippen LogP contribution is 2.20. The van der Waals surface area contributed by atoms with Crippen molar-refractivity contribution in [2.24, 2.45) is 7.05 Å². The van der Waals surface area contributed by atoms with Crippen LogP contribution in [0.3, 0.4) is 0 Å². The van der Waals surface area contributed by atoms with E-state index < -0.39 is 11.3 Å². The van der Waals surface area contributed by atoms with E-state index in [-0.39, 0.29) is 5.69 Å². The third-order valence-electron chi connectivity index (χ3n) is 4.18. The Morgan fingerprint density at radius 2 is 2.00 bits per heavy atom. The molecule has 0 radical (unpaired) electrons. The van der Waals surface area contributed by atoms with Gasteiger partial charge in [-0.1, -0.05) is 11.6 Å². The highest BCUT2D eigenvalue weighted by molar-refractivity contribution is 6.31. The van der Waals surface area contributed by atoms with Crippen LogP contribution in [0.1, 0.15) is 28.8 Å². The lowest BCUT2D eigenvalue weighted by Crippen LogP contribution is -2.27. The van der Waals surface area contributed by atoms with E-state index in [2.05, 4.69) is 15.5 Å². The zero-order valence-corrected chi connectivity index (χ0v) is 15.2. The van der Waals surface area contributed by atoms with E-state index in [1.807, 2.05) is 13.8 Å². The number of amides is 1. The highest BCUT2D eigenvalue weighted by atomic mass is 35.5. The lowest BCUT2D eigenvalue weighted by atomic mass is 10.2. The van der Waals surface area contributed by atoms with E-state index in [0.717, 1.165) is 5.69 Å². The molecule has 3 aromatic rings. The lowest BCUT2D eigenvalue weighted by molar-refractivity contribution is 0.101. The Morgan fingerprint density at radius 1 is 1.28 bits per heavy atom. The average Bonchev–Trinajstić information content (AvgIpc) is 2.81. The van der Waals surface area contributed by atoms with Crippen LogP contribution in [-0.2, 0) is 13.6 Å². The molecule has 8 heteroatoms. The van der Waals surface area contributed by atoms with Crippen LogP contribution in [0.25, 0.3) is 10.9 Å². The van der Waals surface area contributed by atoms with Gasteiger partial charge in [0.25, 0.3) is 5.91 Å². The first-order valence-corrected chi connectivity index (χ1v) is 8.23. The van der Waals surface area contributed by atoms with Crippen molar-refractivity contribution in [2.45, 2.75) is 27.3 Å². The van der Waals surface area contributed by atoms with E-state index in [1.54, 1.807) is 41.5 Å². The molecule has 7 nitrogen and oxygen atoms in total. The van der Waals surface area contributed by atoms with Gasteiger partial charge in [-0.2, -0.15) is 10.2 Å². The predicted octanol–water partition coefficient (Wildman–Crippen LogP) is 2.67. The monoisotopic (exact) mass is 359 g/mol. The van der Waals surface area contributed by atoms with Crippen LogP contribution in [0.4, 0.5) is 5.69 Å². The SMILES string of the molecule is CCn1nc(C(=O)Nc2c(C)nn(C)c2C)c(=O)c2cc(Cl)ccc21. The molecule has 0 bridgehead atoms. The molecule has 0 saturated carbocycles. The number of aromatic nitrogens is 4. The molecule has 0 aliphatic carbocycles. The number of nitrogens with one attached hydrogen (secondary N) is 1. The molecule has 2 heterocycles. The summed E-state index contributed by atoms with van der Waals surface area (Å²) in [5.41, 5.74) is 2.08. The molecule has 1 aromatic carbocycles. The van der Waals surface area contributed by atoms with Gasteiger partial charge in [0.05, 0.1) is 28.0 Å². The summed E-state index contributed by atoms with van der Waals surface area (Å²) in [4.78, 5) is 25.4. The quantitative estimate of drug-likeness (QED) is 0.779. The van der Waals surface area contributed by atoms with Crippen LogP contribution in [0, 0.1) is 13.8 Å². The second-order valence-electron chi connectivity index (χ2n) is 5.78. The number of rotatable bonds is 3. The number of benzene rings is 1. The third kappa shape index (κ3) is 2.91. The van der Waals surface area contributed by atoms with Crippen molar-refractivity contribution in [3.05, 3.63) is 50.5 Å². The molecule has 0 saturated heterocycles. The summed E-state index contributed by atoms with van der Waals surface area (Å²) in [6.45, 7) is 6.04. The number of nitrogens with zero attached hydrogens (tertiary/aromatic N) is 4. The fourth-order valence-corrected chi connectivity index (χ4v) is 2.95. The molecule has 130 valence electrons. The normalized spacial score (nSPS) is 11.1. The summed E-state index contributed by atoms with van der Waals surface area (Å²) in [6.07, 6.45) is 0. The number of fused-ring (bicyclic) bond motifs is 1. The molecule has 1 N–H and O–H groups in total. The number of hydrogen-bond donors (Lipinski definition) is 1. The maximum absolute atomic E-state index is 12.7. The van der Waals surface area contributed by atoms with Crippen LogP contribution in [0.15, 0.2) is 23.0 Å². The molecule has 2 aromatic heterocycles. The van der Waals surface area contributed by atoms with Gasteiger partial charge in [0.2, 0.25) is 5.43 Å². The number of hydrogen-bond acceptors (Lipinski definition) is 4. The maximum Gasteiger partial charge on any atom is 0.280 e. The van der Waals surface area contributed by atoms with Crippen molar-refractivity contribution in [1.82, 2.24) is 19.6 Å². The summed E-state index contributed by atoms with van der Waals surface area (Å²) in [7, 11) is 1.79. The van der Waals surface area contributed by atoms with Crippen molar-refractivity contribution in [3.63, 3.8) is 0 Å². The molecule has 25 heavy (non-hydrogen) atoms. The molecular formula is C17H18ClN5O2.